The van der Waals surface area contributed by atoms with E-state index in [0.717, 1.165) is 22.1 Å². The van der Waals surface area contributed by atoms with Gasteiger partial charge in [-0.25, -0.2) is 19.7 Å². The second kappa shape index (κ2) is 9.86. The van der Waals surface area contributed by atoms with Gasteiger partial charge in [-0.15, -0.1) is 0 Å². The summed E-state index contributed by atoms with van der Waals surface area (Å²) in [5.74, 6) is 1.09. The summed E-state index contributed by atoms with van der Waals surface area (Å²) in [6.45, 7) is 1.80. The molecule has 0 aliphatic carbocycles. The Morgan fingerprint density at radius 3 is 2.68 bits per heavy atom. The van der Waals surface area contributed by atoms with Crippen LogP contribution in [0.4, 0.5) is 16.4 Å². The molecule has 3 aromatic heterocycles. The first kappa shape index (κ1) is 26.0. The molecule has 0 unspecified atom stereocenters. The zero-order chi connectivity index (χ0) is 28.3. The van der Waals surface area contributed by atoms with Crippen molar-refractivity contribution >= 4 is 57.9 Å². The van der Waals surface area contributed by atoms with E-state index >= 15 is 0 Å². The van der Waals surface area contributed by atoms with Crippen molar-refractivity contribution in [2.45, 2.75) is 31.1 Å². The Kier molecular flexibility index (Phi) is 6.25. The molecular weight excluding hydrogens is 569 g/mol. The van der Waals surface area contributed by atoms with Crippen molar-refractivity contribution in [2.75, 3.05) is 36.4 Å². The lowest BCUT2D eigenvalue weighted by Gasteiger charge is -2.43. The van der Waals surface area contributed by atoms with Crippen molar-refractivity contribution < 1.29 is 19.4 Å². The predicted molar refractivity (Wildman–Crippen MR) is 153 cm³/mol. The number of anilines is 2. The van der Waals surface area contributed by atoms with Crippen LogP contribution in [-0.2, 0) is 21.7 Å². The number of hydrogen-bond acceptors (Lipinski definition) is 8. The number of carbonyl (C=O) groups excluding carboxylic acids is 2. The van der Waals surface area contributed by atoms with Crippen LogP contribution in [-0.4, -0.2) is 73.8 Å². The molecule has 1 aromatic carbocycles. The van der Waals surface area contributed by atoms with E-state index in [1.807, 2.05) is 33.9 Å². The highest BCUT2D eigenvalue weighted by Crippen LogP contribution is 2.43. The minimum atomic E-state index is -0.814. The van der Waals surface area contributed by atoms with Gasteiger partial charge >= 0.3 is 6.09 Å². The van der Waals surface area contributed by atoms with E-state index in [9.17, 15) is 14.7 Å². The molecule has 2 saturated heterocycles. The second-order valence-electron chi connectivity index (χ2n) is 10.5. The molecule has 41 heavy (non-hydrogen) atoms. The maximum absolute atomic E-state index is 13.6. The lowest BCUT2D eigenvalue weighted by Crippen LogP contribution is -2.51. The van der Waals surface area contributed by atoms with Crippen LogP contribution >= 0.6 is 23.2 Å². The third kappa shape index (κ3) is 4.44. The third-order valence-corrected chi connectivity index (χ3v) is 8.60. The maximum Gasteiger partial charge on any atom is 0.413 e. The van der Waals surface area contributed by atoms with Crippen molar-refractivity contribution in [3.05, 3.63) is 64.7 Å². The Morgan fingerprint density at radius 1 is 1.12 bits per heavy atom. The van der Waals surface area contributed by atoms with Gasteiger partial charge in [-0.2, -0.15) is 0 Å². The molecule has 0 radical (unpaired) electrons. The van der Waals surface area contributed by atoms with E-state index in [1.54, 1.807) is 23.2 Å². The molecule has 0 saturated carbocycles. The number of aliphatic hydroxyl groups is 1. The Labute approximate surface area is 244 Å². The van der Waals surface area contributed by atoms with Crippen molar-refractivity contribution in [2.24, 2.45) is 0 Å². The number of rotatable bonds is 4. The summed E-state index contributed by atoms with van der Waals surface area (Å²) >= 11 is 12.8. The van der Waals surface area contributed by atoms with Gasteiger partial charge in [-0.05, 0) is 24.3 Å². The van der Waals surface area contributed by atoms with Crippen LogP contribution < -0.4 is 10.2 Å². The number of nitrogens with one attached hydrogen (secondary N) is 1. The average Bonchev–Trinajstić information content (AvgIpc) is 3.30. The molecule has 2 fully saturated rings. The van der Waals surface area contributed by atoms with Crippen LogP contribution in [0, 0.1) is 0 Å². The molecule has 4 aromatic rings. The number of amides is 2. The fraction of sp³-hybridized carbons (Fsp3) is 0.321. The number of carbonyl (C=O) groups is 2. The Balaban J connectivity index is 1.19. The normalized spacial score (nSPS) is 18.2. The molecule has 11 nitrogen and oxygen atoms in total. The smallest absolute Gasteiger partial charge is 0.413 e. The standard InChI is InChI=1S/C28H25Cl2N7O4/c29-16-3-4-18(21(30)10-16)19-13-37(26-23(19)25(32-15-33-26)36-11-17(38)12-36)14-22(39)35-8-5-28(6-9-35)20-2-1-7-31-24(20)34-27(40)41-28/h1-4,7,10,13,15,17,38H,5-6,8-9,11-12,14H2,(H,31,34,40). The van der Waals surface area contributed by atoms with Gasteiger partial charge < -0.3 is 24.2 Å². The number of halogens is 2. The van der Waals surface area contributed by atoms with E-state index in [2.05, 4.69) is 20.3 Å². The van der Waals surface area contributed by atoms with Gasteiger partial charge in [0.05, 0.1) is 11.5 Å². The second-order valence-corrected chi connectivity index (χ2v) is 11.4. The van der Waals surface area contributed by atoms with Gasteiger partial charge in [0.25, 0.3) is 0 Å². The maximum atomic E-state index is 13.6. The largest absolute Gasteiger partial charge is 0.437 e. The SMILES string of the molecule is O=C1Nc2ncccc2C2(CCN(C(=O)Cn3cc(-c4ccc(Cl)cc4Cl)c4c(N5CC(O)C5)ncnc43)CC2)O1. The summed E-state index contributed by atoms with van der Waals surface area (Å²) in [5.41, 5.74) is 2.11. The minimum Gasteiger partial charge on any atom is -0.437 e. The van der Waals surface area contributed by atoms with Gasteiger partial charge in [0.1, 0.15) is 35.8 Å². The first-order valence-corrected chi connectivity index (χ1v) is 14.0. The number of hydrogen-bond donors (Lipinski definition) is 2. The van der Waals surface area contributed by atoms with E-state index in [-0.39, 0.29) is 12.5 Å². The van der Waals surface area contributed by atoms with Crippen LogP contribution in [0.2, 0.25) is 10.0 Å². The summed E-state index contributed by atoms with van der Waals surface area (Å²) < 4.78 is 7.59. The number of aliphatic hydroxyl groups excluding tert-OH is 1. The van der Waals surface area contributed by atoms with Gasteiger partial charge in [-0.3, -0.25) is 10.1 Å². The summed E-state index contributed by atoms with van der Waals surface area (Å²) in [6, 6.07) is 9.00. The van der Waals surface area contributed by atoms with E-state index < -0.39 is 17.8 Å². The van der Waals surface area contributed by atoms with E-state index in [4.69, 9.17) is 27.9 Å². The van der Waals surface area contributed by atoms with Crippen LogP contribution in [0.3, 0.4) is 0 Å². The van der Waals surface area contributed by atoms with Gasteiger partial charge in [0, 0.05) is 78.1 Å². The Bertz CT molecular complexity index is 1700. The topological polar surface area (TPSA) is 126 Å². The highest BCUT2D eigenvalue weighted by atomic mass is 35.5. The Hall–Kier alpha value is -3.93. The average molecular weight is 594 g/mol. The number of fused-ring (bicyclic) bond motifs is 3. The molecule has 6 heterocycles. The quantitative estimate of drug-likeness (QED) is 0.363. The lowest BCUT2D eigenvalue weighted by molar-refractivity contribution is -0.136. The van der Waals surface area contributed by atoms with Gasteiger partial charge in [0.15, 0.2) is 0 Å². The minimum absolute atomic E-state index is 0.0489. The number of nitrogens with zero attached hydrogens (tertiary/aromatic N) is 6. The molecule has 1 spiro atoms. The fourth-order valence-corrected chi connectivity index (χ4v) is 6.48. The monoisotopic (exact) mass is 593 g/mol. The first-order chi connectivity index (χ1) is 19.8. The number of piperidine rings is 1. The highest BCUT2D eigenvalue weighted by molar-refractivity contribution is 6.36. The number of pyridine rings is 1. The zero-order valence-corrected chi connectivity index (χ0v) is 23.3. The predicted octanol–water partition coefficient (Wildman–Crippen LogP) is 4.06. The number of ether oxygens (including phenoxy) is 1. The first-order valence-electron chi connectivity index (χ1n) is 13.3. The van der Waals surface area contributed by atoms with Crippen LogP contribution in [0.25, 0.3) is 22.2 Å². The third-order valence-electron chi connectivity index (χ3n) is 8.05. The van der Waals surface area contributed by atoms with Crippen molar-refractivity contribution in [3.63, 3.8) is 0 Å². The summed E-state index contributed by atoms with van der Waals surface area (Å²) in [7, 11) is 0. The van der Waals surface area contributed by atoms with E-state index in [1.165, 1.54) is 6.33 Å². The summed E-state index contributed by atoms with van der Waals surface area (Å²) in [4.78, 5) is 43.0. The highest BCUT2D eigenvalue weighted by Gasteiger charge is 2.45. The number of benzene rings is 1. The molecule has 0 bridgehead atoms. The molecule has 3 aliphatic heterocycles. The van der Waals surface area contributed by atoms with Gasteiger partial charge in [-0.1, -0.05) is 29.3 Å². The number of β-amino-alcohol motifs (C(OH)–C–C–N with tert-alkyl or cyclic N) is 1. The molecule has 2 N–H and O–H groups in total. The summed E-state index contributed by atoms with van der Waals surface area (Å²) in [6.07, 6.45) is 4.94. The molecule has 0 atom stereocenters. The van der Waals surface area contributed by atoms with Crippen LogP contribution in [0.1, 0.15) is 18.4 Å². The van der Waals surface area contributed by atoms with Crippen LogP contribution in [0.5, 0.6) is 0 Å². The number of likely N-dealkylation sites (tertiary alicyclic amines) is 1. The zero-order valence-electron chi connectivity index (χ0n) is 21.8. The molecule has 13 heteroatoms. The molecule has 3 aliphatic rings. The van der Waals surface area contributed by atoms with Gasteiger partial charge in [0.2, 0.25) is 5.91 Å². The van der Waals surface area contributed by atoms with E-state index in [0.29, 0.717) is 66.3 Å². The molecule has 7 rings (SSSR count). The van der Waals surface area contributed by atoms with Crippen molar-refractivity contribution in [1.82, 2.24) is 24.4 Å². The molecule has 210 valence electrons. The van der Waals surface area contributed by atoms with Crippen molar-refractivity contribution in [1.29, 1.82) is 0 Å². The molecule has 2 amide bonds. The lowest BCUT2D eigenvalue weighted by atomic mass is 9.83. The fourth-order valence-electron chi connectivity index (χ4n) is 5.97. The van der Waals surface area contributed by atoms with Crippen LogP contribution in [0.15, 0.2) is 49.1 Å². The molecular formula is C28H25Cl2N7O4. The van der Waals surface area contributed by atoms with Crippen molar-refractivity contribution in [3.8, 4) is 11.1 Å². The number of aromatic nitrogens is 4. The Morgan fingerprint density at radius 2 is 1.93 bits per heavy atom. The summed E-state index contributed by atoms with van der Waals surface area (Å²) in [5, 5.41) is 14.3.